The Balaban J connectivity index is 3.27. The van der Waals surface area contributed by atoms with E-state index in [4.69, 9.17) is 28.4 Å². The second-order valence-electron chi connectivity index (χ2n) is 7.83. The maximum absolute atomic E-state index is 12.4. The van der Waals surface area contributed by atoms with Crippen LogP contribution in [0.15, 0.2) is 0 Å². The molecule has 0 aliphatic carbocycles. The van der Waals surface area contributed by atoms with Gasteiger partial charge in [0.25, 0.3) is 0 Å². The van der Waals surface area contributed by atoms with Gasteiger partial charge in [-0.2, -0.15) is 0 Å². The topological polar surface area (TPSA) is 124 Å². The van der Waals surface area contributed by atoms with Crippen LogP contribution in [-0.2, 0) is 47.6 Å². The Morgan fingerprint density at radius 2 is 1.06 bits per heavy atom. The average Bonchev–Trinajstić information content (AvgIpc) is 2.76. The molecule has 1 rings (SSSR count). The van der Waals surface area contributed by atoms with Gasteiger partial charge in [0.05, 0.1) is 0 Å². The zero-order valence-corrected chi connectivity index (χ0v) is 20.3. The lowest BCUT2D eigenvalue weighted by Gasteiger charge is -2.44. The van der Waals surface area contributed by atoms with E-state index in [0.29, 0.717) is 25.7 Å². The van der Waals surface area contributed by atoms with Crippen molar-refractivity contribution in [2.75, 3.05) is 13.7 Å². The van der Waals surface area contributed by atoms with Gasteiger partial charge in [-0.3, -0.25) is 19.2 Å². The summed E-state index contributed by atoms with van der Waals surface area (Å²) in [4.78, 5) is 49.0. The Morgan fingerprint density at radius 3 is 1.52 bits per heavy atom. The second-order valence-corrected chi connectivity index (χ2v) is 7.83. The number of carbonyl (C=O) groups excluding carboxylic acids is 4. The van der Waals surface area contributed by atoms with Crippen LogP contribution < -0.4 is 0 Å². The fraction of sp³-hybridized carbons (Fsp3) is 0.826. The Bertz CT molecular complexity index is 635. The Kier molecular flexibility index (Phi) is 13.6. The van der Waals surface area contributed by atoms with Crippen LogP contribution in [-0.4, -0.2) is 68.3 Å². The quantitative estimate of drug-likeness (QED) is 0.274. The first kappa shape index (κ1) is 28.8. The molecule has 1 aliphatic rings. The van der Waals surface area contributed by atoms with Gasteiger partial charge in [0, 0.05) is 32.8 Å². The molecule has 0 N–H and O–H groups in total. The lowest BCUT2D eigenvalue weighted by Crippen LogP contribution is -2.63. The normalized spacial score (nSPS) is 24.6. The summed E-state index contributed by atoms with van der Waals surface area (Å²) in [6, 6.07) is 0. The molecule has 190 valence electrons. The van der Waals surface area contributed by atoms with Crippen LogP contribution in [0.25, 0.3) is 0 Å². The van der Waals surface area contributed by atoms with Crippen LogP contribution >= 0.6 is 0 Å². The first-order valence-corrected chi connectivity index (χ1v) is 11.7. The Labute approximate surface area is 195 Å². The number of rotatable bonds is 14. The van der Waals surface area contributed by atoms with Crippen LogP contribution in [0.3, 0.4) is 0 Å². The molecular weight excluding hydrogens is 436 g/mol. The third-order valence-electron chi connectivity index (χ3n) is 4.85. The molecule has 0 unspecified atom stereocenters. The van der Waals surface area contributed by atoms with E-state index in [9.17, 15) is 19.2 Å². The summed E-state index contributed by atoms with van der Waals surface area (Å²) < 4.78 is 33.3. The Hall–Kier alpha value is -2.20. The van der Waals surface area contributed by atoms with Gasteiger partial charge in [0.2, 0.25) is 0 Å². The summed E-state index contributed by atoms with van der Waals surface area (Å²) in [5.41, 5.74) is 0. The monoisotopic (exact) mass is 474 g/mol. The molecule has 0 amide bonds. The van der Waals surface area contributed by atoms with Crippen LogP contribution in [0.2, 0.25) is 0 Å². The van der Waals surface area contributed by atoms with E-state index in [1.54, 1.807) is 0 Å². The van der Waals surface area contributed by atoms with E-state index in [1.807, 2.05) is 27.7 Å². The molecule has 1 aliphatic heterocycles. The Morgan fingerprint density at radius 1 is 0.636 bits per heavy atom. The maximum atomic E-state index is 12.4. The molecule has 0 aromatic rings. The molecule has 10 nitrogen and oxygen atoms in total. The highest BCUT2D eigenvalue weighted by molar-refractivity contribution is 5.72. The van der Waals surface area contributed by atoms with E-state index in [-0.39, 0.29) is 32.3 Å². The summed E-state index contributed by atoms with van der Waals surface area (Å²) in [6.45, 7) is 7.04. The summed E-state index contributed by atoms with van der Waals surface area (Å²) in [7, 11) is 1.35. The maximum Gasteiger partial charge on any atom is 0.306 e. The smallest absolute Gasteiger partial charge is 0.306 e. The lowest BCUT2D eigenvalue weighted by molar-refractivity contribution is -0.303. The largest absolute Gasteiger partial charge is 0.463 e. The molecule has 1 heterocycles. The molecule has 0 aromatic heterocycles. The SMILES string of the molecule is CCCC(=O)OC[C@H]1O[C@@H](OC)[C@H](OC(=O)CCC)[C@@H](OC(=O)CCC)[C@@H]1OC(=O)CCC. The highest BCUT2D eigenvalue weighted by atomic mass is 16.7. The molecule has 0 saturated carbocycles. The van der Waals surface area contributed by atoms with Crippen molar-refractivity contribution >= 4 is 23.9 Å². The van der Waals surface area contributed by atoms with Gasteiger partial charge < -0.3 is 28.4 Å². The van der Waals surface area contributed by atoms with Crippen LogP contribution in [0, 0.1) is 0 Å². The number of hydrogen-bond acceptors (Lipinski definition) is 10. The highest BCUT2D eigenvalue weighted by Crippen LogP contribution is 2.30. The van der Waals surface area contributed by atoms with E-state index in [2.05, 4.69) is 0 Å². The first-order chi connectivity index (χ1) is 15.8. The number of methoxy groups -OCH3 is 1. The van der Waals surface area contributed by atoms with Crippen LogP contribution in [0.4, 0.5) is 0 Å². The van der Waals surface area contributed by atoms with E-state index < -0.39 is 54.6 Å². The van der Waals surface area contributed by atoms with Crippen molar-refractivity contribution in [2.24, 2.45) is 0 Å². The van der Waals surface area contributed by atoms with Crippen molar-refractivity contribution in [3.05, 3.63) is 0 Å². The minimum absolute atomic E-state index is 0.121. The van der Waals surface area contributed by atoms with Gasteiger partial charge in [-0.1, -0.05) is 27.7 Å². The lowest BCUT2D eigenvalue weighted by atomic mass is 9.98. The summed E-state index contributed by atoms with van der Waals surface area (Å²) in [6.07, 6.45) is -2.80. The van der Waals surface area contributed by atoms with Crippen LogP contribution in [0.5, 0.6) is 0 Å². The molecule has 5 atom stereocenters. The molecule has 0 aromatic carbocycles. The van der Waals surface area contributed by atoms with Crippen molar-refractivity contribution in [3.63, 3.8) is 0 Å². The predicted molar refractivity (Wildman–Crippen MR) is 116 cm³/mol. The van der Waals surface area contributed by atoms with Gasteiger partial charge in [-0.25, -0.2) is 0 Å². The molecule has 0 bridgehead atoms. The molecule has 33 heavy (non-hydrogen) atoms. The molecule has 10 heteroatoms. The number of hydrogen-bond donors (Lipinski definition) is 0. The number of carbonyl (C=O) groups is 4. The second kappa shape index (κ2) is 15.6. The zero-order valence-electron chi connectivity index (χ0n) is 20.3. The average molecular weight is 475 g/mol. The molecule has 0 radical (unpaired) electrons. The number of esters is 4. The van der Waals surface area contributed by atoms with Gasteiger partial charge in [-0.15, -0.1) is 0 Å². The van der Waals surface area contributed by atoms with Crippen LogP contribution in [0.1, 0.15) is 79.1 Å². The van der Waals surface area contributed by atoms with Gasteiger partial charge in [0.1, 0.15) is 12.7 Å². The molecule has 1 saturated heterocycles. The van der Waals surface area contributed by atoms with Gasteiger partial charge in [-0.05, 0) is 25.7 Å². The fourth-order valence-electron chi connectivity index (χ4n) is 3.30. The minimum atomic E-state index is -1.20. The molecule has 1 fully saturated rings. The van der Waals surface area contributed by atoms with E-state index >= 15 is 0 Å². The third-order valence-corrected chi connectivity index (χ3v) is 4.85. The molecular formula is C23H38O10. The predicted octanol–water partition coefficient (Wildman–Crippen LogP) is 2.84. The summed E-state index contributed by atoms with van der Waals surface area (Å²) in [5.74, 6) is -2.06. The number of ether oxygens (including phenoxy) is 6. The zero-order chi connectivity index (χ0) is 24.8. The first-order valence-electron chi connectivity index (χ1n) is 11.7. The minimum Gasteiger partial charge on any atom is -0.463 e. The van der Waals surface area contributed by atoms with Crippen molar-refractivity contribution < 1.29 is 47.6 Å². The van der Waals surface area contributed by atoms with Gasteiger partial charge in [0.15, 0.2) is 24.6 Å². The fourth-order valence-corrected chi connectivity index (χ4v) is 3.30. The summed E-state index contributed by atoms with van der Waals surface area (Å²) >= 11 is 0. The third kappa shape index (κ3) is 9.67. The van der Waals surface area contributed by atoms with Gasteiger partial charge >= 0.3 is 23.9 Å². The molecule has 0 spiro atoms. The van der Waals surface area contributed by atoms with Crippen molar-refractivity contribution in [3.8, 4) is 0 Å². The summed E-state index contributed by atoms with van der Waals surface area (Å²) in [5, 5.41) is 0. The van der Waals surface area contributed by atoms with E-state index in [0.717, 1.165) is 0 Å². The standard InChI is InChI=1S/C23H38O10/c1-6-10-16(24)29-14-15-20(31-17(25)11-7-2)21(32-18(26)12-8-3)22(23(28-5)30-15)33-19(27)13-9-4/h15,20-23H,6-14H2,1-5H3/t15-,20-,21+,22-,23-/m1/s1. The van der Waals surface area contributed by atoms with Crippen molar-refractivity contribution in [1.82, 2.24) is 0 Å². The van der Waals surface area contributed by atoms with Crippen molar-refractivity contribution in [1.29, 1.82) is 0 Å². The van der Waals surface area contributed by atoms with Crippen molar-refractivity contribution in [2.45, 2.75) is 110 Å². The highest BCUT2D eigenvalue weighted by Gasteiger charge is 2.53. The van der Waals surface area contributed by atoms with E-state index in [1.165, 1.54) is 7.11 Å².